The number of aryl methyl sites for hydroxylation is 1. The fourth-order valence-corrected chi connectivity index (χ4v) is 3.18. The Morgan fingerprint density at radius 2 is 2.00 bits per heavy atom. The van der Waals surface area contributed by atoms with Crippen LogP contribution in [0.2, 0.25) is 0 Å². The zero-order valence-electron chi connectivity index (χ0n) is 12.9. The Hall–Kier alpha value is -1.22. The molecule has 1 fully saturated rings. The van der Waals surface area contributed by atoms with E-state index in [-0.39, 0.29) is 0 Å². The molecule has 1 saturated carbocycles. The Morgan fingerprint density at radius 1 is 1.25 bits per heavy atom. The third-order valence-electron chi connectivity index (χ3n) is 4.47. The Bertz CT molecular complexity index is 413. The number of nitrogens with zero attached hydrogens (tertiary/aromatic N) is 1. The first-order valence-electron chi connectivity index (χ1n) is 7.83. The van der Waals surface area contributed by atoms with Gasteiger partial charge in [0.05, 0.1) is 12.8 Å². The van der Waals surface area contributed by atoms with Crippen LogP contribution in [0, 0.1) is 0 Å². The summed E-state index contributed by atoms with van der Waals surface area (Å²) in [5.74, 6) is 0.771. The van der Waals surface area contributed by atoms with E-state index < -0.39 is 0 Å². The van der Waals surface area contributed by atoms with Gasteiger partial charge >= 0.3 is 0 Å². The monoisotopic (exact) mass is 276 g/mol. The average Bonchev–Trinajstić information content (AvgIpc) is 2.48. The maximum absolute atomic E-state index is 5.94. The van der Waals surface area contributed by atoms with E-state index >= 15 is 0 Å². The quantitative estimate of drug-likeness (QED) is 0.809. The van der Waals surface area contributed by atoms with Crippen LogP contribution in [-0.4, -0.2) is 31.6 Å². The molecule has 0 unspecified atom stereocenters. The van der Waals surface area contributed by atoms with Crippen LogP contribution in [0.15, 0.2) is 18.2 Å². The van der Waals surface area contributed by atoms with Gasteiger partial charge in [0, 0.05) is 6.04 Å². The highest BCUT2D eigenvalue weighted by molar-refractivity contribution is 5.54. The standard InChI is InChI=1S/C17H28N2O/c1-19(15-8-4-3-5-9-15)12-6-7-14-10-11-17(20-2)16(18)13-14/h10-11,13,15H,3-9,12,18H2,1-2H3. The minimum atomic E-state index is 0.741. The summed E-state index contributed by atoms with van der Waals surface area (Å²) in [7, 11) is 3.93. The predicted molar refractivity (Wildman–Crippen MR) is 85.2 cm³/mol. The summed E-state index contributed by atoms with van der Waals surface area (Å²) in [6.07, 6.45) is 9.28. The number of nitrogens with two attached hydrogens (primary N) is 1. The van der Waals surface area contributed by atoms with Crippen molar-refractivity contribution in [2.75, 3.05) is 26.4 Å². The van der Waals surface area contributed by atoms with E-state index in [0.717, 1.165) is 23.9 Å². The average molecular weight is 276 g/mol. The minimum absolute atomic E-state index is 0.741. The van der Waals surface area contributed by atoms with Gasteiger partial charge < -0.3 is 15.4 Å². The van der Waals surface area contributed by atoms with Crippen molar-refractivity contribution >= 4 is 5.69 Å². The first-order valence-corrected chi connectivity index (χ1v) is 7.83. The topological polar surface area (TPSA) is 38.5 Å². The molecule has 3 heteroatoms. The third kappa shape index (κ3) is 4.14. The van der Waals surface area contributed by atoms with E-state index in [2.05, 4.69) is 18.0 Å². The lowest BCUT2D eigenvalue weighted by molar-refractivity contribution is 0.190. The summed E-state index contributed by atoms with van der Waals surface area (Å²) >= 11 is 0. The van der Waals surface area contributed by atoms with E-state index in [1.54, 1.807) is 7.11 Å². The summed E-state index contributed by atoms with van der Waals surface area (Å²) in [5.41, 5.74) is 7.99. The molecule has 0 atom stereocenters. The SMILES string of the molecule is COc1ccc(CCCN(C)C2CCCCC2)cc1N. The van der Waals surface area contributed by atoms with Crippen molar-refractivity contribution in [3.8, 4) is 5.75 Å². The van der Waals surface area contributed by atoms with E-state index in [4.69, 9.17) is 10.5 Å². The molecule has 0 amide bonds. The van der Waals surface area contributed by atoms with E-state index in [1.807, 2.05) is 12.1 Å². The van der Waals surface area contributed by atoms with Crippen LogP contribution < -0.4 is 10.5 Å². The second-order valence-electron chi connectivity index (χ2n) is 5.95. The molecule has 0 saturated heterocycles. The molecule has 1 aliphatic rings. The summed E-state index contributed by atoms with van der Waals surface area (Å²) in [6.45, 7) is 1.18. The second-order valence-corrected chi connectivity index (χ2v) is 5.95. The number of nitrogen functional groups attached to an aromatic ring is 1. The van der Waals surface area contributed by atoms with E-state index in [1.165, 1.54) is 50.6 Å². The van der Waals surface area contributed by atoms with Crippen molar-refractivity contribution in [3.63, 3.8) is 0 Å². The molecule has 0 aliphatic heterocycles. The van der Waals surface area contributed by atoms with Gasteiger partial charge in [0.1, 0.15) is 5.75 Å². The first kappa shape index (κ1) is 15.2. The van der Waals surface area contributed by atoms with Crippen LogP contribution in [-0.2, 0) is 6.42 Å². The van der Waals surface area contributed by atoms with Crippen LogP contribution in [0.4, 0.5) is 5.69 Å². The van der Waals surface area contributed by atoms with E-state index in [9.17, 15) is 0 Å². The van der Waals surface area contributed by atoms with Gasteiger partial charge in [-0.25, -0.2) is 0 Å². The molecule has 0 radical (unpaired) electrons. The molecule has 1 aromatic rings. The molecule has 0 aromatic heterocycles. The maximum atomic E-state index is 5.94. The smallest absolute Gasteiger partial charge is 0.141 e. The van der Waals surface area contributed by atoms with Crippen LogP contribution >= 0.6 is 0 Å². The van der Waals surface area contributed by atoms with Crippen molar-refractivity contribution in [1.82, 2.24) is 4.90 Å². The number of anilines is 1. The van der Waals surface area contributed by atoms with Crippen LogP contribution in [0.5, 0.6) is 5.75 Å². The molecule has 0 spiro atoms. The highest BCUT2D eigenvalue weighted by Crippen LogP contribution is 2.24. The largest absolute Gasteiger partial charge is 0.495 e. The Balaban J connectivity index is 1.76. The van der Waals surface area contributed by atoms with Gasteiger partial charge in [0.15, 0.2) is 0 Å². The summed E-state index contributed by atoms with van der Waals surface area (Å²) < 4.78 is 5.19. The number of rotatable bonds is 6. The predicted octanol–water partition coefficient (Wildman–Crippen LogP) is 3.47. The lowest BCUT2D eigenvalue weighted by Gasteiger charge is -2.31. The van der Waals surface area contributed by atoms with Gasteiger partial charge in [-0.05, 0) is 57.0 Å². The van der Waals surface area contributed by atoms with Gasteiger partial charge in [-0.3, -0.25) is 0 Å². The summed E-state index contributed by atoms with van der Waals surface area (Å²) in [6, 6.07) is 6.94. The molecule has 2 N–H and O–H groups in total. The summed E-state index contributed by atoms with van der Waals surface area (Å²) in [4.78, 5) is 2.55. The minimum Gasteiger partial charge on any atom is -0.495 e. The van der Waals surface area contributed by atoms with Gasteiger partial charge in [0.2, 0.25) is 0 Å². The molecule has 0 bridgehead atoms. The van der Waals surface area contributed by atoms with E-state index in [0.29, 0.717) is 0 Å². The maximum Gasteiger partial charge on any atom is 0.141 e. The van der Waals surface area contributed by atoms with Crippen LogP contribution in [0.25, 0.3) is 0 Å². The molecule has 2 rings (SSSR count). The molecule has 112 valence electrons. The molecular formula is C17H28N2O. The Kier molecular flexibility index (Phi) is 5.72. The normalized spacial score (nSPS) is 16.6. The van der Waals surface area contributed by atoms with Gasteiger partial charge in [0.25, 0.3) is 0 Å². The van der Waals surface area contributed by atoms with Crippen molar-refractivity contribution < 1.29 is 4.74 Å². The van der Waals surface area contributed by atoms with Crippen LogP contribution in [0.3, 0.4) is 0 Å². The fourth-order valence-electron chi connectivity index (χ4n) is 3.18. The van der Waals surface area contributed by atoms with Crippen molar-refractivity contribution in [2.45, 2.75) is 51.0 Å². The molecule has 3 nitrogen and oxygen atoms in total. The Morgan fingerprint density at radius 3 is 2.65 bits per heavy atom. The number of hydrogen-bond donors (Lipinski definition) is 1. The molecule has 1 aliphatic carbocycles. The second kappa shape index (κ2) is 7.53. The number of ether oxygens (including phenoxy) is 1. The van der Waals surface area contributed by atoms with Crippen molar-refractivity contribution in [2.24, 2.45) is 0 Å². The zero-order chi connectivity index (χ0) is 14.4. The number of benzene rings is 1. The van der Waals surface area contributed by atoms with Gasteiger partial charge in [-0.15, -0.1) is 0 Å². The van der Waals surface area contributed by atoms with Crippen molar-refractivity contribution in [1.29, 1.82) is 0 Å². The number of hydrogen-bond acceptors (Lipinski definition) is 3. The molecule has 0 heterocycles. The summed E-state index contributed by atoms with van der Waals surface area (Å²) in [5, 5.41) is 0. The fraction of sp³-hybridized carbons (Fsp3) is 0.647. The van der Waals surface area contributed by atoms with Crippen molar-refractivity contribution in [3.05, 3.63) is 23.8 Å². The van der Waals surface area contributed by atoms with Gasteiger partial charge in [-0.1, -0.05) is 25.3 Å². The lowest BCUT2D eigenvalue weighted by Crippen LogP contribution is -2.34. The molecule has 20 heavy (non-hydrogen) atoms. The molecule has 1 aromatic carbocycles. The highest BCUT2D eigenvalue weighted by Gasteiger charge is 2.17. The third-order valence-corrected chi connectivity index (χ3v) is 4.47. The molecular weight excluding hydrogens is 248 g/mol. The first-order chi connectivity index (χ1) is 9.70. The highest BCUT2D eigenvalue weighted by atomic mass is 16.5. The Labute approximate surface area is 123 Å². The van der Waals surface area contributed by atoms with Gasteiger partial charge in [-0.2, -0.15) is 0 Å². The van der Waals surface area contributed by atoms with Crippen LogP contribution in [0.1, 0.15) is 44.1 Å². The number of methoxy groups -OCH3 is 1. The lowest BCUT2D eigenvalue weighted by atomic mass is 9.94. The zero-order valence-corrected chi connectivity index (χ0v) is 12.9.